The SMILES string of the molecule is c1ccc(-c2c(-c3ccc(-c4cccnc4)cc3)c(-c3ccccc3)c(-c3ccc(-c4cccnc4)cc3)c(-c3ccccc3)c2-c2ccc(-c3cccnc3)cc2)cc1. The molecule has 0 saturated carbocycles. The normalized spacial score (nSPS) is 11.0. The van der Waals surface area contributed by atoms with Gasteiger partial charge in [-0.1, -0.05) is 182 Å². The average Bonchev–Trinajstić information content (AvgIpc) is 3.35. The first-order chi connectivity index (χ1) is 29.8. The van der Waals surface area contributed by atoms with E-state index < -0.39 is 0 Å². The Balaban J connectivity index is 1.37. The third-order valence-electron chi connectivity index (χ3n) is 11.2. The van der Waals surface area contributed by atoms with E-state index in [0.717, 1.165) is 66.8 Å². The van der Waals surface area contributed by atoms with E-state index in [9.17, 15) is 0 Å². The van der Waals surface area contributed by atoms with Gasteiger partial charge in [-0.15, -0.1) is 0 Å². The van der Waals surface area contributed by atoms with Crippen molar-refractivity contribution in [2.45, 2.75) is 0 Å². The van der Waals surface area contributed by atoms with Gasteiger partial charge in [0.15, 0.2) is 0 Å². The zero-order valence-electron chi connectivity index (χ0n) is 32.9. The summed E-state index contributed by atoms with van der Waals surface area (Å²) in [4.78, 5) is 13.3. The topological polar surface area (TPSA) is 38.7 Å². The maximum Gasteiger partial charge on any atom is 0.0346 e. The number of nitrogens with zero attached hydrogens (tertiary/aromatic N) is 3. The first-order valence-electron chi connectivity index (χ1n) is 20.2. The van der Waals surface area contributed by atoms with Crippen LogP contribution in [-0.4, -0.2) is 15.0 Å². The summed E-state index contributed by atoms with van der Waals surface area (Å²) < 4.78 is 0. The molecule has 3 nitrogen and oxygen atoms in total. The van der Waals surface area contributed by atoms with E-state index in [2.05, 4.69) is 197 Å². The van der Waals surface area contributed by atoms with Crippen molar-refractivity contribution in [1.82, 2.24) is 15.0 Å². The van der Waals surface area contributed by atoms with Gasteiger partial charge >= 0.3 is 0 Å². The molecule has 10 aromatic rings. The number of benzene rings is 7. The van der Waals surface area contributed by atoms with Gasteiger partial charge in [0, 0.05) is 37.2 Å². The molecule has 0 fully saturated rings. The van der Waals surface area contributed by atoms with E-state index in [-0.39, 0.29) is 0 Å². The van der Waals surface area contributed by atoms with Crippen molar-refractivity contribution in [3.63, 3.8) is 0 Å². The van der Waals surface area contributed by atoms with Crippen LogP contribution < -0.4 is 0 Å². The summed E-state index contributed by atoms with van der Waals surface area (Å²) in [6.45, 7) is 0. The number of rotatable bonds is 9. The molecule has 7 aromatic carbocycles. The quantitative estimate of drug-likeness (QED) is 0.147. The van der Waals surface area contributed by atoms with Gasteiger partial charge in [-0.05, 0) is 118 Å². The van der Waals surface area contributed by atoms with Crippen LogP contribution in [0.1, 0.15) is 0 Å². The van der Waals surface area contributed by atoms with Crippen LogP contribution in [0.4, 0.5) is 0 Å². The second kappa shape index (κ2) is 16.5. The van der Waals surface area contributed by atoms with Crippen molar-refractivity contribution in [3.8, 4) is 100 Å². The minimum atomic E-state index is 1.08. The smallest absolute Gasteiger partial charge is 0.0346 e. The summed E-state index contributed by atoms with van der Waals surface area (Å²) in [5.41, 5.74) is 20.4. The molecule has 3 aromatic heterocycles. The largest absolute Gasteiger partial charge is 0.264 e. The van der Waals surface area contributed by atoms with Crippen LogP contribution >= 0.6 is 0 Å². The molecule has 0 atom stereocenters. The summed E-state index contributed by atoms with van der Waals surface area (Å²) in [5, 5.41) is 0. The fourth-order valence-corrected chi connectivity index (χ4v) is 8.39. The molecule has 282 valence electrons. The zero-order valence-corrected chi connectivity index (χ0v) is 32.9. The van der Waals surface area contributed by atoms with Crippen LogP contribution in [0.2, 0.25) is 0 Å². The molecule has 0 bridgehead atoms. The second-order valence-corrected chi connectivity index (χ2v) is 14.8. The zero-order chi connectivity index (χ0) is 40.1. The first kappa shape index (κ1) is 36.3. The molecule has 0 unspecified atom stereocenters. The molecule has 0 N–H and O–H groups in total. The minimum absolute atomic E-state index is 1.08. The Morgan fingerprint density at radius 1 is 0.167 bits per heavy atom. The molecule has 0 saturated heterocycles. The van der Waals surface area contributed by atoms with Gasteiger partial charge in [0.1, 0.15) is 0 Å². The lowest BCUT2D eigenvalue weighted by Gasteiger charge is -2.29. The Bertz CT molecular complexity index is 2630. The standard InChI is InChI=1S/C57H39N3/c1-4-13-43(14-5-1)52-55(46-28-22-40(23-29-46)49-19-10-34-58-37-49)53(44-15-6-2-7-16-44)57(48-32-26-42(27-33-48)51-21-12-36-60-39-51)54(45-17-8-3-9-18-45)56(52)47-30-24-41(25-31-47)50-20-11-35-59-38-50/h1-39H. The molecular weight excluding hydrogens is 727 g/mol. The third-order valence-corrected chi connectivity index (χ3v) is 11.2. The number of pyridine rings is 3. The Hall–Kier alpha value is -8.01. The highest BCUT2D eigenvalue weighted by atomic mass is 14.6. The monoisotopic (exact) mass is 765 g/mol. The van der Waals surface area contributed by atoms with Gasteiger partial charge in [-0.3, -0.25) is 15.0 Å². The number of aromatic nitrogens is 3. The summed E-state index contributed by atoms with van der Waals surface area (Å²) in [5.74, 6) is 0. The van der Waals surface area contributed by atoms with Crippen LogP contribution in [-0.2, 0) is 0 Å². The molecule has 0 aliphatic rings. The highest BCUT2D eigenvalue weighted by molar-refractivity contribution is 6.15. The van der Waals surface area contributed by atoms with E-state index in [1.165, 1.54) is 33.4 Å². The Morgan fingerprint density at radius 2 is 0.367 bits per heavy atom. The van der Waals surface area contributed by atoms with Gasteiger partial charge < -0.3 is 0 Å². The van der Waals surface area contributed by atoms with Gasteiger partial charge in [-0.25, -0.2) is 0 Å². The van der Waals surface area contributed by atoms with Crippen LogP contribution in [0.5, 0.6) is 0 Å². The molecule has 0 amide bonds. The molecule has 0 aliphatic heterocycles. The molecular formula is C57H39N3. The summed E-state index contributed by atoms with van der Waals surface area (Å²) in [6, 6.07) is 72.1. The first-order valence-corrected chi connectivity index (χ1v) is 20.2. The van der Waals surface area contributed by atoms with Gasteiger partial charge in [0.05, 0.1) is 0 Å². The molecule has 0 spiro atoms. The number of hydrogen-bond donors (Lipinski definition) is 0. The van der Waals surface area contributed by atoms with Crippen molar-refractivity contribution in [1.29, 1.82) is 0 Å². The Labute approximate surface area is 351 Å². The lowest BCUT2D eigenvalue weighted by molar-refractivity contribution is 1.33. The molecule has 10 rings (SSSR count). The van der Waals surface area contributed by atoms with Crippen molar-refractivity contribution in [2.24, 2.45) is 0 Å². The Morgan fingerprint density at radius 3 is 0.583 bits per heavy atom. The maximum absolute atomic E-state index is 4.42. The maximum atomic E-state index is 4.42. The van der Waals surface area contributed by atoms with Crippen LogP contribution in [0.3, 0.4) is 0 Å². The van der Waals surface area contributed by atoms with Gasteiger partial charge in [0.2, 0.25) is 0 Å². The third kappa shape index (κ3) is 7.10. The summed E-state index contributed by atoms with van der Waals surface area (Å²) >= 11 is 0. The van der Waals surface area contributed by atoms with Crippen molar-refractivity contribution in [3.05, 3.63) is 237 Å². The lowest BCUT2D eigenvalue weighted by atomic mass is 9.74. The van der Waals surface area contributed by atoms with Crippen molar-refractivity contribution in [2.75, 3.05) is 0 Å². The predicted octanol–water partition coefficient (Wildman–Crippen LogP) is 14.9. The van der Waals surface area contributed by atoms with Gasteiger partial charge in [0.25, 0.3) is 0 Å². The highest BCUT2D eigenvalue weighted by Crippen LogP contribution is 2.56. The van der Waals surface area contributed by atoms with E-state index >= 15 is 0 Å². The molecule has 3 heterocycles. The van der Waals surface area contributed by atoms with E-state index in [0.29, 0.717) is 0 Å². The summed E-state index contributed by atoms with van der Waals surface area (Å²) in [7, 11) is 0. The molecule has 3 heteroatoms. The van der Waals surface area contributed by atoms with E-state index in [1.54, 1.807) is 0 Å². The predicted molar refractivity (Wildman–Crippen MR) is 249 cm³/mol. The van der Waals surface area contributed by atoms with Crippen molar-refractivity contribution < 1.29 is 0 Å². The summed E-state index contributed by atoms with van der Waals surface area (Å²) in [6.07, 6.45) is 11.2. The average molecular weight is 766 g/mol. The van der Waals surface area contributed by atoms with Crippen LogP contribution in [0.25, 0.3) is 100 Å². The molecule has 0 radical (unpaired) electrons. The molecule has 60 heavy (non-hydrogen) atoms. The minimum Gasteiger partial charge on any atom is -0.264 e. The highest BCUT2D eigenvalue weighted by Gasteiger charge is 2.29. The van der Waals surface area contributed by atoms with Crippen molar-refractivity contribution >= 4 is 0 Å². The number of hydrogen-bond acceptors (Lipinski definition) is 3. The Kier molecular flexibility index (Phi) is 9.97. The van der Waals surface area contributed by atoms with E-state index in [1.807, 2.05) is 55.4 Å². The van der Waals surface area contributed by atoms with Gasteiger partial charge in [-0.2, -0.15) is 0 Å². The lowest BCUT2D eigenvalue weighted by Crippen LogP contribution is -2.02. The molecule has 0 aliphatic carbocycles. The fraction of sp³-hybridized carbons (Fsp3) is 0. The van der Waals surface area contributed by atoms with Crippen LogP contribution in [0, 0.1) is 0 Å². The van der Waals surface area contributed by atoms with E-state index in [4.69, 9.17) is 0 Å². The fourth-order valence-electron chi connectivity index (χ4n) is 8.39. The van der Waals surface area contributed by atoms with Crippen LogP contribution in [0.15, 0.2) is 237 Å². The second-order valence-electron chi connectivity index (χ2n) is 14.8.